The molecule has 1 saturated heterocycles. The molecule has 6 nitrogen and oxygen atoms in total. The molecule has 0 aromatic carbocycles. The van der Waals surface area contributed by atoms with Gasteiger partial charge in [-0.25, -0.2) is 0 Å². The molecule has 0 bridgehead atoms. The minimum absolute atomic E-state index is 0.0537. The van der Waals surface area contributed by atoms with E-state index in [2.05, 4.69) is 5.32 Å². The lowest BCUT2D eigenvalue weighted by molar-refractivity contribution is -0.143. The maximum atomic E-state index is 11.9. The fourth-order valence-electron chi connectivity index (χ4n) is 2.96. The van der Waals surface area contributed by atoms with Gasteiger partial charge in [0.15, 0.2) is 0 Å². The summed E-state index contributed by atoms with van der Waals surface area (Å²) in [6, 6.07) is 0.0537. The number of amides is 2. The quantitative estimate of drug-likeness (QED) is 0.797. The van der Waals surface area contributed by atoms with E-state index in [9.17, 15) is 14.4 Å². The van der Waals surface area contributed by atoms with Gasteiger partial charge in [-0.1, -0.05) is 0 Å². The summed E-state index contributed by atoms with van der Waals surface area (Å²) < 4.78 is 0. The van der Waals surface area contributed by atoms with Crippen molar-refractivity contribution in [2.24, 2.45) is 5.92 Å². The monoisotopic (exact) mass is 282 g/mol. The fourth-order valence-corrected chi connectivity index (χ4v) is 2.96. The molecule has 2 aliphatic rings. The van der Waals surface area contributed by atoms with Crippen LogP contribution in [0.15, 0.2) is 0 Å². The molecule has 2 rings (SSSR count). The minimum atomic E-state index is -0.742. The van der Waals surface area contributed by atoms with Crippen LogP contribution in [0.25, 0.3) is 0 Å². The number of hydrogen-bond donors (Lipinski definition) is 2. The Morgan fingerprint density at radius 2 is 1.90 bits per heavy atom. The van der Waals surface area contributed by atoms with Crippen molar-refractivity contribution < 1.29 is 19.5 Å². The minimum Gasteiger partial charge on any atom is -0.481 e. The van der Waals surface area contributed by atoms with E-state index in [4.69, 9.17) is 5.11 Å². The second-order valence-corrected chi connectivity index (χ2v) is 5.73. The Balaban J connectivity index is 1.72. The van der Waals surface area contributed by atoms with Crippen LogP contribution < -0.4 is 5.32 Å². The van der Waals surface area contributed by atoms with E-state index in [1.54, 1.807) is 4.90 Å². The summed E-state index contributed by atoms with van der Waals surface area (Å²) in [6.45, 7) is 0.801. The number of carbonyl (C=O) groups is 3. The third kappa shape index (κ3) is 3.95. The van der Waals surface area contributed by atoms with Crippen LogP contribution in [0.2, 0.25) is 0 Å². The zero-order valence-corrected chi connectivity index (χ0v) is 11.6. The largest absolute Gasteiger partial charge is 0.481 e. The molecule has 0 radical (unpaired) electrons. The SMILES string of the molecule is O=C(CN1CCCCC1=O)NC1CCC(C(=O)O)CC1. The highest BCUT2D eigenvalue weighted by Gasteiger charge is 2.27. The first-order valence-corrected chi connectivity index (χ1v) is 7.36. The Morgan fingerprint density at radius 3 is 2.50 bits per heavy atom. The standard InChI is InChI=1S/C14H22N2O4/c17-12(9-16-8-2-1-3-13(16)18)15-11-6-4-10(5-7-11)14(19)20/h10-11H,1-9H2,(H,15,17)(H,19,20). The summed E-state index contributed by atoms with van der Waals surface area (Å²) in [6.07, 6.45) is 5.05. The summed E-state index contributed by atoms with van der Waals surface area (Å²) in [5.74, 6) is -1.08. The van der Waals surface area contributed by atoms with Crippen molar-refractivity contribution in [3.05, 3.63) is 0 Å². The van der Waals surface area contributed by atoms with Crippen LogP contribution in [0.5, 0.6) is 0 Å². The summed E-state index contributed by atoms with van der Waals surface area (Å²) >= 11 is 0. The van der Waals surface area contributed by atoms with Crippen LogP contribution in [0, 0.1) is 5.92 Å². The molecule has 2 fully saturated rings. The van der Waals surface area contributed by atoms with Crippen molar-refractivity contribution in [2.75, 3.05) is 13.1 Å². The van der Waals surface area contributed by atoms with Crippen molar-refractivity contribution in [1.82, 2.24) is 10.2 Å². The van der Waals surface area contributed by atoms with Gasteiger partial charge < -0.3 is 15.3 Å². The Morgan fingerprint density at radius 1 is 1.20 bits per heavy atom. The summed E-state index contributed by atoms with van der Waals surface area (Å²) in [5, 5.41) is 11.8. The molecule has 0 aromatic rings. The molecule has 0 unspecified atom stereocenters. The summed E-state index contributed by atoms with van der Waals surface area (Å²) in [7, 11) is 0. The Kier molecular flexibility index (Phi) is 4.98. The molecule has 1 aliphatic heterocycles. The Bertz CT molecular complexity index is 389. The molecule has 2 amide bonds. The van der Waals surface area contributed by atoms with Gasteiger partial charge in [0.25, 0.3) is 0 Å². The van der Waals surface area contributed by atoms with Gasteiger partial charge in [0, 0.05) is 19.0 Å². The van der Waals surface area contributed by atoms with Crippen LogP contribution in [0.4, 0.5) is 0 Å². The zero-order valence-electron chi connectivity index (χ0n) is 11.6. The average Bonchev–Trinajstić information content (AvgIpc) is 2.42. The predicted molar refractivity (Wildman–Crippen MR) is 72.0 cm³/mol. The fraction of sp³-hybridized carbons (Fsp3) is 0.786. The van der Waals surface area contributed by atoms with Crippen LogP contribution >= 0.6 is 0 Å². The number of piperidine rings is 1. The average molecular weight is 282 g/mol. The number of hydrogen-bond acceptors (Lipinski definition) is 3. The van der Waals surface area contributed by atoms with E-state index in [1.807, 2.05) is 0 Å². The van der Waals surface area contributed by atoms with Crippen molar-refractivity contribution >= 4 is 17.8 Å². The molecule has 1 heterocycles. The number of nitrogens with one attached hydrogen (secondary N) is 1. The van der Waals surface area contributed by atoms with Crippen molar-refractivity contribution in [3.63, 3.8) is 0 Å². The first-order valence-electron chi connectivity index (χ1n) is 7.36. The van der Waals surface area contributed by atoms with Crippen LogP contribution in [0.3, 0.4) is 0 Å². The second-order valence-electron chi connectivity index (χ2n) is 5.73. The lowest BCUT2D eigenvalue weighted by Crippen LogP contribution is -2.46. The lowest BCUT2D eigenvalue weighted by Gasteiger charge is -2.29. The van der Waals surface area contributed by atoms with E-state index in [-0.39, 0.29) is 30.3 Å². The van der Waals surface area contributed by atoms with Crippen molar-refractivity contribution in [1.29, 1.82) is 0 Å². The van der Waals surface area contributed by atoms with Crippen LogP contribution in [-0.4, -0.2) is 46.9 Å². The van der Waals surface area contributed by atoms with Gasteiger partial charge in [-0.2, -0.15) is 0 Å². The van der Waals surface area contributed by atoms with Gasteiger partial charge in [0.1, 0.15) is 0 Å². The number of likely N-dealkylation sites (tertiary alicyclic amines) is 1. The second kappa shape index (κ2) is 6.72. The maximum absolute atomic E-state index is 11.9. The molecule has 0 spiro atoms. The molecular formula is C14H22N2O4. The lowest BCUT2D eigenvalue weighted by atomic mass is 9.86. The Labute approximate surface area is 118 Å². The van der Waals surface area contributed by atoms with Gasteiger partial charge in [-0.15, -0.1) is 0 Å². The van der Waals surface area contributed by atoms with Crippen LogP contribution in [-0.2, 0) is 14.4 Å². The summed E-state index contributed by atoms with van der Waals surface area (Å²) in [4.78, 5) is 36.0. The number of carboxylic acids is 1. The van der Waals surface area contributed by atoms with E-state index in [0.717, 1.165) is 12.8 Å². The van der Waals surface area contributed by atoms with Crippen LogP contribution in [0.1, 0.15) is 44.9 Å². The highest BCUT2D eigenvalue weighted by Crippen LogP contribution is 2.24. The Hall–Kier alpha value is -1.59. The third-order valence-electron chi connectivity index (χ3n) is 4.20. The predicted octanol–water partition coefficient (Wildman–Crippen LogP) is 0.758. The smallest absolute Gasteiger partial charge is 0.306 e. The number of aliphatic carboxylic acids is 1. The van der Waals surface area contributed by atoms with Crippen molar-refractivity contribution in [3.8, 4) is 0 Å². The van der Waals surface area contributed by atoms with E-state index in [1.165, 1.54) is 0 Å². The first-order chi connectivity index (χ1) is 9.56. The molecule has 1 aliphatic carbocycles. The van der Waals surface area contributed by atoms with Gasteiger partial charge >= 0.3 is 5.97 Å². The number of nitrogens with zero attached hydrogens (tertiary/aromatic N) is 1. The third-order valence-corrected chi connectivity index (χ3v) is 4.20. The number of rotatable bonds is 4. The number of carboxylic acid groups (broad SMARTS) is 1. The normalized spacial score (nSPS) is 27.2. The highest BCUT2D eigenvalue weighted by atomic mass is 16.4. The van der Waals surface area contributed by atoms with Gasteiger partial charge in [0.2, 0.25) is 11.8 Å². The molecular weight excluding hydrogens is 260 g/mol. The zero-order chi connectivity index (χ0) is 14.5. The van der Waals surface area contributed by atoms with E-state index in [0.29, 0.717) is 38.6 Å². The van der Waals surface area contributed by atoms with E-state index < -0.39 is 5.97 Å². The molecule has 20 heavy (non-hydrogen) atoms. The maximum Gasteiger partial charge on any atom is 0.306 e. The molecule has 2 N–H and O–H groups in total. The first kappa shape index (κ1) is 14.8. The molecule has 1 saturated carbocycles. The highest BCUT2D eigenvalue weighted by molar-refractivity contribution is 5.85. The topological polar surface area (TPSA) is 86.7 Å². The van der Waals surface area contributed by atoms with Gasteiger partial charge in [-0.3, -0.25) is 14.4 Å². The molecule has 112 valence electrons. The van der Waals surface area contributed by atoms with Gasteiger partial charge in [-0.05, 0) is 38.5 Å². The van der Waals surface area contributed by atoms with E-state index >= 15 is 0 Å². The molecule has 0 atom stereocenters. The van der Waals surface area contributed by atoms with Gasteiger partial charge in [0.05, 0.1) is 12.5 Å². The molecule has 6 heteroatoms. The summed E-state index contributed by atoms with van der Waals surface area (Å²) in [5.41, 5.74) is 0. The van der Waals surface area contributed by atoms with Crippen molar-refractivity contribution in [2.45, 2.75) is 51.0 Å². The molecule has 0 aromatic heterocycles. The number of carbonyl (C=O) groups excluding carboxylic acids is 2.